The van der Waals surface area contributed by atoms with Crippen LogP contribution in [0.25, 0.3) is 22.6 Å². The second-order valence-electron chi connectivity index (χ2n) is 5.83. The lowest BCUT2D eigenvalue weighted by atomic mass is 10.0. The molecule has 3 rings (SSSR count). The molecule has 0 bridgehead atoms. The van der Waals surface area contributed by atoms with Gasteiger partial charge in [0.05, 0.1) is 6.61 Å². The predicted molar refractivity (Wildman–Crippen MR) is 89.7 cm³/mol. The lowest BCUT2D eigenvalue weighted by Gasteiger charge is -2.04. The van der Waals surface area contributed by atoms with E-state index in [0.717, 1.165) is 33.9 Å². The van der Waals surface area contributed by atoms with E-state index in [1.165, 1.54) is 16.9 Å². The summed E-state index contributed by atoms with van der Waals surface area (Å²) in [6, 6.07) is 12.4. The minimum atomic E-state index is 0.0585. The summed E-state index contributed by atoms with van der Waals surface area (Å²) in [5.74, 6) is 1.39. The number of aliphatic hydroxyl groups excluding tert-OH is 1. The van der Waals surface area contributed by atoms with Crippen molar-refractivity contribution < 1.29 is 9.63 Å². The van der Waals surface area contributed by atoms with Crippen LogP contribution in [0, 0.1) is 5.92 Å². The molecule has 0 amide bonds. The minimum absolute atomic E-state index is 0.0585. The van der Waals surface area contributed by atoms with E-state index in [0.29, 0.717) is 5.92 Å². The molecular weight excluding hydrogens is 294 g/mol. The lowest BCUT2D eigenvalue weighted by Crippen LogP contribution is -1.93. The number of thiophene rings is 1. The molecule has 22 heavy (non-hydrogen) atoms. The van der Waals surface area contributed by atoms with Crippen LogP contribution in [0.15, 0.2) is 46.3 Å². The molecule has 3 aromatic rings. The maximum absolute atomic E-state index is 9.13. The van der Waals surface area contributed by atoms with Crippen molar-refractivity contribution in [2.75, 3.05) is 0 Å². The monoisotopic (exact) mass is 313 g/mol. The van der Waals surface area contributed by atoms with Crippen molar-refractivity contribution in [2.24, 2.45) is 5.92 Å². The first-order valence-corrected chi connectivity index (χ1v) is 8.28. The number of hydrogen-bond donors (Lipinski definition) is 1. The molecule has 0 saturated heterocycles. The van der Waals surface area contributed by atoms with E-state index in [-0.39, 0.29) is 6.61 Å². The molecule has 1 aromatic carbocycles. The summed E-state index contributed by atoms with van der Waals surface area (Å²) in [5, 5.41) is 15.3. The van der Waals surface area contributed by atoms with E-state index in [4.69, 9.17) is 9.63 Å². The molecule has 0 aliphatic heterocycles. The van der Waals surface area contributed by atoms with E-state index in [1.54, 1.807) is 0 Å². The first-order chi connectivity index (χ1) is 10.7. The number of aliphatic hydroxyl groups is 1. The van der Waals surface area contributed by atoms with Gasteiger partial charge in [0.25, 0.3) is 0 Å². The second-order valence-corrected chi connectivity index (χ2v) is 6.83. The van der Waals surface area contributed by atoms with Gasteiger partial charge in [-0.3, -0.25) is 0 Å². The zero-order valence-corrected chi connectivity index (χ0v) is 13.6. The molecule has 0 aliphatic rings. The van der Waals surface area contributed by atoms with Crippen molar-refractivity contribution in [3.8, 4) is 22.6 Å². The number of benzene rings is 1. The molecule has 2 heterocycles. The molecule has 1 N–H and O–H groups in total. The Bertz CT molecular complexity index is 741. The van der Waals surface area contributed by atoms with Crippen molar-refractivity contribution in [1.29, 1.82) is 0 Å². The molecule has 2 aromatic heterocycles. The summed E-state index contributed by atoms with van der Waals surface area (Å²) in [6.07, 6.45) is 1.09. The number of aromatic nitrogens is 1. The Labute approximate surface area is 134 Å². The molecule has 0 aliphatic carbocycles. The van der Waals surface area contributed by atoms with Gasteiger partial charge in [0.2, 0.25) is 0 Å². The Morgan fingerprint density at radius 1 is 1.14 bits per heavy atom. The first-order valence-electron chi connectivity index (χ1n) is 7.40. The predicted octanol–water partition coefficient (Wildman–Crippen LogP) is 4.76. The quantitative estimate of drug-likeness (QED) is 0.738. The number of hydrogen-bond acceptors (Lipinski definition) is 4. The van der Waals surface area contributed by atoms with Gasteiger partial charge >= 0.3 is 0 Å². The summed E-state index contributed by atoms with van der Waals surface area (Å²) < 4.78 is 5.43. The van der Waals surface area contributed by atoms with Gasteiger partial charge in [-0.2, -0.15) is 0 Å². The minimum Gasteiger partial charge on any atom is -0.391 e. The van der Waals surface area contributed by atoms with Crippen molar-refractivity contribution >= 4 is 11.3 Å². The molecule has 4 heteroatoms. The fourth-order valence-corrected chi connectivity index (χ4v) is 3.16. The van der Waals surface area contributed by atoms with Gasteiger partial charge in [0.1, 0.15) is 5.69 Å². The highest BCUT2D eigenvalue weighted by atomic mass is 32.1. The van der Waals surface area contributed by atoms with Crippen LogP contribution in [0.5, 0.6) is 0 Å². The fourth-order valence-electron chi connectivity index (χ4n) is 2.42. The normalized spacial score (nSPS) is 11.3. The third kappa shape index (κ3) is 3.29. The smallest absolute Gasteiger partial charge is 0.168 e. The summed E-state index contributed by atoms with van der Waals surface area (Å²) in [7, 11) is 0. The zero-order valence-electron chi connectivity index (χ0n) is 12.7. The van der Waals surface area contributed by atoms with Crippen LogP contribution in [0.4, 0.5) is 0 Å². The van der Waals surface area contributed by atoms with Crippen LogP contribution in [0.1, 0.15) is 24.3 Å². The van der Waals surface area contributed by atoms with Crippen LogP contribution in [0.2, 0.25) is 0 Å². The highest BCUT2D eigenvalue weighted by Gasteiger charge is 2.10. The largest absolute Gasteiger partial charge is 0.391 e. The average Bonchev–Trinajstić information content (AvgIpc) is 3.16. The fraction of sp³-hybridized carbons (Fsp3) is 0.278. The summed E-state index contributed by atoms with van der Waals surface area (Å²) >= 11 is 1.52. The van der Waals surface area contributed by atoms with Crippen molar-refractivity contribution in [3.63, 3.8) is 0 Å². The van der Waals surface area contributed by atoms with E-state index >= 15 is 0 Å². The third-order valence-electron chi connectivity index (χ3n) is 3.50. The highest BCUT2D eigenvalue weighted by Crippen LogP contribution is 2.29. The number of nitrogens with zero attached hydrogens (tertiary/aromatic N) is 1. The Hall–Kier alpha value is -1.91. The maximum atomic E-state index is 9.13. The lowest BCUT2D eigenvalue weighted by molar-refractivity contribution is 0.285. The van der Waals surface area contributed by atoms with Gasteiger partial charge in [-0.15, -0.1) is 11.3 Å². The molecular formula is C18H19NO2S. The van der Waals surface area contributed by atoms with Crippen LogP contribution >= 0.6 is 11.3 Å². The van der Waals surface area contributed by atoms with Gasteiger partial charge in [-0.1, -0.05) is 43.3 Å². The molecule has 0 spiro atoms. The van der Waals surface area contributed by atoms with Gasteiger partial charge in [0.15, 0.2) is 5.76 Å². The van der Waals surface area contributed by atoms with Crippen LogP contribution in [-0.4, -0.2) is 10.3 Å². The highest BCUT2D eigenvalue weighted by molar-refractivity contribution is 7.10. The van der Waals surface area contributed by atoms with E-state index in [9.17, 15) is 0 Å². The van der Waals surface area contributed by atoms with Crippen molar-refractivity contribution in [3.05, 3.63) is 52.2 Å². The summed E-state index contributed by atoms with van der Waals surface area (Å²) in [4.78, 5) is 0.922. The molecule has 3 nitrogen and oxygen atoms in total. The Morgan fingerprint density at radius 3 is 2.55 bits per heavy atom. The van der Waals surface area contributed by atoms with Gasteiger partial charge < -0.3 is 9.63 Å². The Balaban J connectivity index is 1.81. The molecule has 0 unspecified atom stereocenters. The Kier molecular flexibility index (Phi) is 4.41. The molecule has 0 radical (unpaired) electrons. The van der Waals surface area contributed by atoms with Gasteiger partial charge in [-0.05, 0) is 24.0 Å². The van der Waals surface area contributed by atoms with E-state index in [2.05, 4.69) is 43.3 Å². The van der Waals surface area contributed by atoms with Crippen molar-refractivity contribution in [1.82, 2.24) is 5.16 Å². The first kappa shape index (κ1) is 15.0. The van der Waals surface area contributed by atoms with E-state index < -0.39 is 0 Å². The summed E-state index contributed by atoms with van der Waals surface area (Å²) in [6.45, 7) is 4.50. The van der Waals surface area contributed by atoms with Crippen molar-refractivity contribution in [2.45, 2.75) is 26.9 Å². The topological polar surface area (TPSA) is 46.3 Å². The molecule has 0 atom stereocenters. The molecule has 0 saturated carbocycles. The summed E-state index contributed by atoms with van der Waals surface area (Å²) in [5.41, 5.74) is 4.19. The molecule has 114 valence electrons. The van der Waals surface area contributed by atoms with Crippen LogP contribution in [0.3, 0.4) is 0 Å². The van der Waals surface area contributed by atoms with Gasteiger partial charge in [0, 0.05) is 27.5 Å². The second kappa shape index (κ2) is 6.46. The average molecular weight is 313 g/mol. The number of rotatable bonds is 5. The Morgan fingerprint density at radius 2 is 1.91 bits per heavy atom. The molecule has 0 fully saturated rings. The van der Waals surface area contributed by atoms with Crippen LogP contribution in [-0.2, 0) is 13.0 Å². The SMILES string of the molecule is CC(C)Cc1ccc(-c2cc(-c3csc(CO)c3)on2)cc1. The van der Waals surface area contributed by atoms with Gasteiger partial charge in [-0.25, -0.2) is 0 Å². The maximum Gasteiger partial charge on any atom is 0.168 e. The zero-order chi connectivity index (χ0) is 15.5. The van der Waals surface area contributed by atoms with Crippen LogP contribution < -0.4 is 0 Å². The third-order valence-corrected chi connectivity index (χ3v) is 4.42. The standard InChI is InChI=1S/C18H19NO2S/c1-12(2)7-13-3-5-14(6-4-13)17-9-18(21-19-17)15-8-16(10-20)22-11-15/h3-6,8-9,11-12,20H,7,10H2,1-2H3. The van der Waals surface area contributed by atoms with E-state index in [1.807, 2.05) is 17.5 Å².